The maximum atomic E-state index is 14.0. The van der Waals surface area contributed by atoms with Crippen LogP contribution < -0.4 is 4.74 Å². The number of urea groups is 1. The lowest BCUT2D eigenvalue weighted by atomic mass is 9.85. The fourth-order valence-corrected chi connectivity index (χ4v) is 6.09. The van der Waals surface area contributed by atoms with Crippen LogP contribution in [0.4, 0.5) is 10.5 Å². The molecule has 3 aromatic carbocycles. The largest absolute Gasteiger partial charge is 0.491 e. The van der Waals surface area contributed by atoms with E-state index in [1.165, 1.54) is 5.56 Å². The lowest BCUT2D eigenvalue weighted by molar-refractivity contribution is -0.0256. The number of piperidine rings is 1. The van der Waals surface area contributed by atoms with Crippen LogP contribution >= 0.6 is 0 Å². The predicted octanol–water partition coefficient (Wildman–Crippen LogP) is 6.21. The number of rotatable bonds is 2. The van der Waals surface area contributed by atoms with Crippen LogP contribution in [0.3, 0.4) is 0 Å². The fraction of sp³-hybridized carbons (Fsp3) is 0.375. The number of fused-ring (bicyclic) bond motifs is 2. The van der Waals surface area contributed by atoms with Crippen LogP contribution in [0, 0.1) is 6.92 Å². The molecule has 6 nitrogen and oxygen atoms in total. The van der Waals surface area contributed by atoms with Gasteiger partial charge in [-0.3, -0.25) is 4.99 Å². The third-order valence-electron chi connectivity index (χ3n) is 8.10. The fourth-order valence-electron chi connectivity index (χ4n) is 6.09. The van der Waals surface area contributed by atoms with Gasteiger partial charge in [0.2, 0.25) is 0 Å². The Morgan fingerprint density at radius 2 is 1.84 bits per heavy atom. The Bertz CT molecular complexity index is 1410. The van der Waals surface area contributed by atoms with Gasteiger partial charge < -0.3 is 19.6 Å². The molecule has 6 rings (SSSR count). The van der Waals surface area contributed by atoms with Gasteiger partial charge in [0.25, 0.3) is 0 Å². The number of benzene rings is 3. The Balaban J connectivity index is 1.30. The summed E-state index contributed by atoms with van der Waals surface area (Å²) >= 11 is 0. The number of carbonyl (C=O) groups is 1. The van der Waals surface area contributed by atoms with Gasteiger partial charge in [0, 0.05) is 30.7 Å². The van der Waals surface area contributed by atoms with Crippen molar-refractivity contribution in [1.29, 1.82) is 0 Å². The second-order valence-corrected chi connectivity index (χ2v) is 11.3. The Morgan fingerprint density at radius 1 is 1.03 bits per heavy atom. The van der Waals surface area contributed by atoms with E-state index >= 15 is 0 Å². The highest BCUT2D eigenvalue weighted by molar-refractivity contribution is 5.93. The molecule has 0 spiro atoms. The van der Waals surface area contributed by atoms with Gasteiger partial charge in [0.05, 0.1) is 30.4 Å². The summed E-state index contributed by atoms with van der Waals surface area (Å²) in [5.74, 6) is 0.875. The molecule has 3 heterocycles. The standard InChI is InChI=1S/C32H35N3O3/c1-21-15-26(24-9-10-25-16-22(2)33-28(25)18-24)17-27-20-34(13-14-38-30(21)27)31(36)35-12-11-32(3,37)19-29(35)23-7-5-4-6-8-23/h4-10,15,17-18,29,37H,11-14,16,19-20H2,1-3H3/t29-,32+/m1/s1. The molecule has 6 heteroatoms. The summed E-state index contributed by atoms with van der Waals surface area (Å²) in [6.07, 6.45) is 2.00. The summed E-state index contributed by atoms with van der Waals surface area (Å²) in [5.41, 5.74) is 8.05. The molecule has 1 saturated heterocycles. The quantitative estimate of drug-likeness (QED) is 0.446. The van der Waals surface area contributed by atoms with Crippen molar-refractivity contribution in [1.82, 2.24) is 9.80 Å². The first-order valence-electron chi connectivity index (χ1n) is 13.5. The first kappa shape index (κ1) is 24.7. The second-order valence-electron chi connectivity index (χ2n) is 11.3. The SMILES string of the molecule is CC1=Nc2cc(-c3cc(C)c4c(c3)CN(C(=O)N3CC[C@](C)(O)C[C@@H]3c3ccccc3)CCO4)ccc2C1. The Hall–Kier alpha value is -3.64. The predicted molar refractivity (Wildman–Crippen MR) is 150 cm³/mol. The lowest BCUT2D eigenvalue weighted by Gasteiger charge is -2.44. The zero-order valence-corrected chi connectivity index (χ0v) is 22.4. The van der Waals surface area contributed by atoms with Crippen molar-refractivity contribution >= 4 is 17.4 Å². The van der Waals surface area contributed by atoms with Gasteiger partial charge in [-0.15, -0.1) is 0 Å². The van der Waals surface area contributed by atoms with Crippen LogP contribution in [0.2, 0.25) is 0 Å². The van der Waals surface area contributed by atoms with Crippen LogP contribution in [-0.4, -0.2) is 51.9 Å². The minimum Gasteiger partial charge on any atom is -0.491 e. The van der Waals surface area contributed by atoms with Gasteiger partial charge in [-0.2, -0.15) is 0 Å². The van der Waals surface area contributed by atoms with E-state index < -0.39 is 5.60 Å². The summed E-state index contributed by atoms with van der Waals surface area (Å²) in [5, 5.41) is 10.9. The van der Waals surface area contributed by atoms with Gasteiger partial charge in [0.1, 0.15) is 12.4 Å². The van der Waals surface area contributed by atoms with Crippen LogP contribution in [0.15, 0.2) is 65.7 Å². The summed E-state index contributed by atoms with van der Waals surface area (Å²) in [4.78, 5) is 22.6. The monoisotopic (exact) mass is 509 g/mol. The molecule has 196 valence electrons. The van der Waals surface area contributed by atoms with Crippen molar-refractivity contribution in [2.75, 3.05) is 19.7 Å². The average Bonchev–Trinajstić information content (AvgIpc) is 3.13. The Kier molecular flexibility index (Phi) is 6.23. The number of amides is 2. The van der Waals surface area contributed by atoms with E-state index in [4.69, 9.17) is 9.73 Å². The molecule has 0 aromatic heterocycles. The third-order valence-corrected chi connectivity index (χ3v) is 8.10. The first-order valence-corrected chi connectivity index (χ1v) is 13.5. The smallest absolute Gasteiger partial charge is 0.320 e. The van der Waals surface area contributed by atoms with E-state index in [1.807, 2.05) is 47.1 Å². The van der Waals surface area contributed by atoms with Crippen LogP contribution in [0.25, 0.3) is 11.1 Å². The molecule has 2 amide bonds. The van der Waals surface area contributed by atoms with Gasteiger partial charge in [-0.25, -0.2) is 4.79 Å². The topological polar surface area (TPSA) is 65.4 Å². The minimum absolute atomic E-state index is 0.00352. The molecule has 3 aliphatic heterocycles. The number of ether oxygens (including phenoxy) is 1. The molecule has 38 heavy (non-hydrogen) atoms. The number of aliphatic imine (C=N–C) groups is 1. The van der Waals surface area contributed by atoms with E-state index in [0.717, 1.165) is 51.4 Å². The molecule has 0 radical (unpaired) electrons. The summed E-state index contributed by atoms with van der Waals surface area (Å²) < 4.78 is 6.20. The molecular weight excluding hydrogens is 474 g/mol. The molecule has 2 atom stereocenters. The van der Waals surface area contributed by atoms with E-state index in [-0.39, 0.29) is 12.1 Å². The average molecular weight is 510 g/mol. The number of hydrogen-bond acceptors (Lipinski definition) is 4. The Labute approximate surface area is 224 Å². The molecular formula is C32H35N3O3. The minimum atomic E-state index is -0.795. The molecule has 0 unspecified atom stereocenters. The number of likely N-dealkylation sites (tertiary alicyclic amines) is 1. The van der Waals surface area contributed by atoms with Crippen molar-refractivity contribution in [3.63, 3.8) is 0 Å². The molecule has 0 aliphatic carbocycles. The summed E-state index contributed by atoms with van der Waals surface area (Å²) in [7, 11) is 0. The normalized spacial score (nSPS) is 22.7. The molecule has 1 fully saturated rings. The number of carbonyl (C=O) groups excluding carboxylic acids is 1. The number of hydrogen-bond donors (Lipinski definition) is 1. The molecule has 0 bridgehead atoms. The van der Waals surface area contributed by atoms with E-state index in [1.54, 1.807) is 0 Å². The first-order chi connectivity index (χ1) is 18.3. The van der Waals surface area contributed by atoms with Crippen molar-refractivity contribution in [3.8, 4) is 16.9 Å². The van der Waals surface area contributed by atoms with E-state index in [9.17, 15) is 9.90 Å². The van der Waals surface area contributed by atoms with Crippen molar-refractivity contribution in [2.45, 2.75) is 58.2 Å². The van der Waals surface area contributed by atoms with Gasteiger partial charge in [-0.1, -0.05) is 42.5 Å². The maximum Gasteiger partial charge on any atom is 0.320 e. The highest BCUT2D eigenvalue weighted by Crippen LogP contribution is 2.39. The molecule has 1 N–H and O–H groups in total. The summed E-state index contributed by atoms with van der Waals surface area (Å²) in [6, 6.07) is 20.7. The number of aryl methyl sites for hydroxylation is 1. The van der Waals surface area contributed by atoms with Crippen molar-refractivity contribution < 1.29 is 14.6 Å². The Morgan fingerprint density at radius 3 is 2.66 bits per heavy atom. The van der Waals surface area contributed by atoms with Crippen LogP contribution in [-0.2, 0) is 13.0 Å². The number of aliphatic hydroxyl groups is 1. The van der Waals surface area contributed by atoms with Gasteiger partial charge in [0.15, 0.2) is 0 Å². The molecule has 0 saturated carbocycles. The summed E-state index contributed by atoms with van der Waals surface area (Å²) in [6.45, 7) is 7.99. The van der Waals surface area contributed by atoms with Crippen molar-refractivity contribution in [2.24, 2.45) is 4.99 Å². The second kappa shape index (κ2) is 9.59. The third kappa shape index (κ3) is 4.69. The van der Waals surface area contributed by atoms with Gasteiger partial charge >= 0.3 is 6.03 Å². The van der Waals surface area contributed by atoms with Crippen molar-refractivity contribution in [3.05, 3.63) is 82.9 Å². The molecule has 3 aromatic rings. The van der Waals surface area contributed by atoms with E-state index in [2.05, 4.69) is 44.2 Å². The van der Waals surface area contributed by atoms with E-state index in [0.29, 0.717) is 39.1 Å². The zero-order valence-electron chi connectivity index (χ0n) is 22.4. The highest BCUT2D eigenvalue weighted by atomic mass is 16.5. The zero-order chi connectivity index (χ0) is 26.4. The molecule has 3 aliphatic rings. The highest BCUT2D eigenvalue weighted by Gasteiger charge is 2.39. The number of nitrogens with zero attached hydrogens (tertiary/aromatic N) is 3. The van der Waals surface area contributed by atoms with Crippen LogP contribution in [0.1, 0.15) is 55.0 Å². The maximum absolute atomic E-state index is 14.0. The lowest BCUT2D eigenvalue weighted by Crippen LogP contribution is -2.51. The van der Waals surface area contributed by atoms with Gasteiger partial charge in [-0.05, 0) is 73.2 Å². The van der Waals surface area contributed by atoms with Crippen LogP contribution in [0.5, 0.6) is 5.75 Å².